The Morgan fingerprint density at radius 2 is 1.31 bits per heavy atom. The molecule has 0 aromatic rings. The highest BCUT2D eigenvalue weighted by Crippen LogP contribution is 2.42. The first-order valence-electron chi connectivity index (χ1n) is 10.6. The summed E-state index contributed by atoms with van der Waals surface area (Å²) in [7, 11) is 0. The maximum Gasteiger partial charge on any atom is 0.126 e. The first-order valence-corrected chi connectivity index (χ1v) is 11.0. The Morgan fingerprint density at radius 3 is 1.81 bits per heavy atom. The van der Waals surface area contributed by atoms with E-state index in [1.165, 1.54) is 38.5 Å². The van der Waals surface area contributed by atoms with E-state index in [0.717, 1.165) is 24.7 Å². The van der Waals surface area contributed by atoms with Crippen molar-refractivity contribution in [3.05, 3.63) is 12.2 Å². The van der Waals surface area contributed by atoms with E-state index in [1.54, 1.807) is 0 Å². The van der Waals surface area contributed by atoms with Crippen LogP contribution in [-0.4, -0.2) is 23.5 Å². The molecule has 3 rings (SSSR count). The molecule has 0 bridgehead atoms. The van der Waals surface area contributed by atoms with Crippen LogP contribution >= 0.6 is 12.2 Å². The van der Waals surface area contributed by atoms with Crippen molar-refractivity contribution in [2.24, 2.45) is 34.6 Å². The number of hydrogen-bond acceptors (Lipinski definition) is 2. The third-order valence-corrected chi connectivity index (χ3v) is 7.30. The fourth-order valence-electron chi connectivity index (χ4n) is 5.39. The zero-order chi connectivity index (χ0) is 18.5. The molecule has 0 aliphatic heterocycles. The monoisotopic (exact) mass is 381 g/mol. The average Bonchev–Trinajstić information content (AvgIpc) is 2.64. The highest BCUT2D eigenvalue weighted by atomic mass is 32.1. The van der Waals surface area contributed by atoms with Crippen LogP contribution in [0.1, 0.15) is 71.1 Å². The van der Waals surface area contributed by atoms with Crippen LogP contribution in [0.2, 0.25) is 0 Å². The Morgan fingerprint density at radius 1 is 0.808 bits per heavy atom. The molecule has 146 valence electrons. The molecule has 0 N–H and O–H groups in total. The van der Waals surface area contributed by atoms with Gasteiger partial charge in [-0.2, -0.15) is 0 Å². The lowest BCUT2D eigenvalue weighted by atomic mass is 9.69. The van der Waals surface area contributed by atoms with Crippen molar-refractivity contribution >= 4 is 17.4 Å². The van der Waals surface area contributed by atoms with Crippen molar-refractivity contribution in [1.29, 1.82) is 0 Å². The zero-order valence-corrected chi connectivity index (χ0v) is 16.8. The number of hydrogen-bond donors (Lipinski definition) is 0. The fraction of sp³-hybridized carbons (Fsp3) is 0.864. The Hall–Kier alpha value is -0.600. The van der Waals surface area contributed by atoms with Gasteiger partial charge in [0.15, 0.2) is 0 Å². The van der Waals surface area contributed by atoms with Gasteiger partial charge in [-0.15, -0.1) is 0 Å². The molecule has 0 heterocycles. The normalized spacial score (nSPS) is 44.6. The van der Waals surface area contributed by atoms with Crippen molar-refractivity contribution < 1.29 is 8.78 Å². The van der Waals surface area contributed by atoms with Gasteiger partial charge in [0.2, 0.25) is 0 Å². The molecule has 0 saturated heterocycles. The minimum Gasteiger partial charge on any atom is -0.245 e. The third-order valence-electron chi connectivity index (χ3n) is 7.20. The van der Waals surface area contributed by atoms with Gasteiger partial charge in [-0.25, -0.2) is 13.8 Å². The standard InChI is InChI=1S/C22H33F2NS/c1-15-2-4-16(5-3-15)6-7-17-8-10-18(11-9-17)19-12-20(23)22(25-14-26)21(24)13-19/h6-7,15-22H,2-5,8-13H2,1H3. The molecule has 2 atom stereocenters. The first-order chi connectivity index (χ1) is 12.6. The number of alkyl halides is 2. The molecular formula is C22H33F2NS. The van der Waals surface area contributed by atoms with Crippen LogP contribution in [0, 0.1) is 29.6 Å². The fourth-order valence-corrected chi connectivity index (χ4v) is 5.51. The van der Waals surface area contributed by atoms with Crippen molar-refractivity contribution in [1.82, 2.24) is 0 Å². The highest BCUT2D eigenvalue weighted by molar-refractivity contribution is 7.78. The van der Waals surface area contributed by atoms with E-state index in [-0.39, 0.29) is 5.92 Å². The summed E-state index contributed by atoms with van der Waals surface area (Å²) in [6.45, 7) is 2.36. The van der Waals surface area contributed by atoms with Crippen molar-refractivity contribution in [2.45, 2.75) is 89.5 Å². The quantitative estimate of drug-likeness (QED) is 0.299. The summed E-state index contributed by atoms with van der Waals surface area (Å²) >= 11 is 4.53. The van der Waals surface area contributed by atoms with E-state index in [4.69, 9.17) is 0 Å². The van der Waals surface area contributed by atoms with Gasteiger partial charge in [-0.1, -0.05) is 31.9 Å². The molecule has 26 heavy (non-hydrogen) atoms. The second kappa shape index (κ2) is 9.55. The molecule has 1 nitrogen and oxygen atoms in total. The maximum atomic E-state index is 14.3. The van der Waals surface area contributed by atoms with Crippen LogP contribution in [0.5, 0.6) is 0 Å². The summed E-state index contributed by atoms with van der Waals surface area (Å²) in [5.41, 5.74) is 0. The number of thiocarbonyl (C=S) groups is 1. The van der Waals surface area contributed by atoms with Crippen LogP contribution in [0.3, 0.4) is 0 Å². The molecule has 3 aliphatic carbocycles. The smallest absolute Gasteiger partial charge is 0.126 e. The maximum absolute atomic E-state index is 14.3. The summed E-state index contributed by atoms with van der Waals surface area (Å²) in [5, 5.41) is 2.16. The zero-order valence-electron chi connectivity index (χ0n) is 16.0. The predicted octanol–water partition coefficient (Wildman–Crippen LogP) is 6.73. The lowest BCUT2D eigenvalue weighted by Gasteiger charge is -2.39. The summed E-state index contributed by atoms with van der Waals surface area (Å²) < 4.78 is 28.6. The van der Waals surface area contributed by atoms with Crippen LogP contribution in [0.25, 0.3) is 0 Å². The van der Waals surface area contributed by atoms with Crippen LogP contribution in [-0.2, 0) is 0 Å². The molecule has 0 radical (unpaired) electrons. The van der Waals surface area contributed by atoms with E-state index in [1.807, 2.05) is 0 Å². The molecule has 0 spiro atoms. The number of rotatable bonds is 4. The number of nitrogens with zero attached hydrogens (tertiary/aromatic N) is 1. The predicted molar refractivity (Wildman–Crippen MR) is 107 cm³/mol. The molecule has 2 unspecified atom stereocenters. The molecule has 0 aromatic heterocycles. The Labute approximate surface area is 162 Å². The van der Waals surface area contributed by atoms with E-state index in [2.05, 4.69) is 41.4 Å². The highest BCUT2D eigenvalue weighted by Gasteiger charge is 2.41. The topological polar surface area (TPSA) is 12.4 Å². The molecule has 0 aromatic carbocycles. The minimum atomic E-state index is -1.20. The average molecular weight is 382 g/mol. The minimum absolute atomic E-state index is 0.168. The van der Waals surface area contributed by atoms with Gasteiger partial charge in [0.25, 0.3) is 0 Å². The molecule has 4 heteroatoms. The lowest BCUT2D eigenvalue weighted by Crippen LogP contribution is -2.41. The van der Waals surface area contributed by atoms with Crippen LogP contribution in [0.15, 0.2) is 17.1 Å². The lowest BCUT2D eigenvalue weighted by molar-refractivity contribution is 0.0530. The van der Waals surface area contributed by atoms with Gasteiger partial charge in [0.05, 0.1) is 5.16 Å². The number of allylic oxidation sites excluding steroid dienone is 2. The van der Waals surface area contributed by atoms with Gasteiger partial charge in [-0.3, -0.25) is 0 Å². The summed E-state index contributed by atoms with van der Waals surface area (Å²) in [4.78, 5) is 3.72. The SMILES string of the molecule is CC1CCC(C=CC2CCC(C3CC(F)C(N=C=S)C(F)C3)CC2)CC1. The van der Waals surface area contributed by atoms with Gasteiger partial charge >= 0.3 is 0 Å². The Balaban J connectivity index is 1.44. The van der Waals surface area contributed by atoms with E-state index in [0.29, 0.717) is 24.7 Å². The Kier molecular flexibility index (Phi) is 7.40. The summed E-state index contributed by atoms with van der Waals surface area (Å²) in [6.07, 6.45) is 13.4. The molecule has 3 saturated carbocycles. The largest absolute Gasteiger partial charge is 0.245 e. The van der Waals surface area contributed by atoms with E-state index >= 15 is 0 Å². The Bertz CT molecular complexity index is 502. The van der Waals surface area contributed by atoms with Crippen LogP contribution < -0.4 is 0 Å². The molecule has 3 aliphatic rings. The van der Waals surface area contributed by atoms with Crippen molar-refractivity contribution in [3.8, 4) is 0 Å². The summed E-state index contributed by atoms with van der Waals surface area (Å²) in [6, 6.07) is -0.916. The van der Waals surface area contributed by atoms with Gasteiger partial charge in [0.1, 0.15) is 18.4 Å². The molecule has 3 fully saturated rings. The number of isothiocyanates is 1. The van der Waals surface area contributed by atoms with Gasteiger partial charge in [-0.05, 0) is 93.2 Å². The third kappa shape index (κ3) is 5.23. The van der Waals surface area contributed by atoms with Crippen molar-refractivity contribution in [2.75, 3.05) is 0 Å². The first kappa shape index (κ1) is 20.1. The molecule has 0 amide bonds. The van der Waals surface area contributed by atoms with Crippen LogP contribution in [0.4, 0.5) is 8.78 Å². The second-order valence-corrected chi connectivity index (χ2v) is 9.24. The van der Waals surface area contributed by atoms with E-state index < -0.39 is 18.4 Å². The number of aliphatic imine (C=N–C) groups is 1. The summed E-state index contributed by atoms with van der Waals surface area (Å²) in [5.74, 6) is 2.99. The second-order valence-electron chi connectivity index (χ2n) is 9.05. The molecular weight excluding hydrogens is 348 g/mol. The van der Waals surface area contributed by atoms with Gasteiger partial charge < -0.3 is 0 Å². The van der Waals surface area contributed by atoms with Crippen molar-refractivity contribution in [3.63, 3.8) is 0 Å². The van der Waals surface area contributed by atoms with E-state index in [9.17, 15) is 8.78 Å². The number of halogens is 2. The van der Waals surface area contributed by atoms with Gasteiger partial charge in [0, 0.05) is 0 Å².